The van der Waals surface area contributed by atoms with Crippen LogP contribution in [0.4, 0.5) is 13.2 Å². The van der Waals surface area contributed by atoms with Gasteiger partial charge in [-0.25, -0.2) is 4.79 Å². The largest absolute Gasteiger partial charge is 0.480 e. The molecule has 0 spiro atoms. The Morgan fingerprint density at radius 2 is 1.96 bits per heavy atom. The van der Waals surface area contributed by atoms with Crippen LogP contribution in [-0.2, 0) is 17.6 Å². The van der Waals surface area contributed by atoms with Crippen LogP contribution >= 0.6 is 0 Å². The van der Waals surface area contributed by atoms with Crippen LogP contribution in [0.3, 0.4) is 0 Å². The zero-order chi connectivity index (χ0) is 18.2. The molecular formula is C17H15F3N2O3. The molecule has 25 heavy (non-hydrogen) atoms. The van der Waals surface area contributed by atoms with Crippen molar-refractivity contribution in [1.82, 2.24) is 10.3 Å². The second kappa shape index (κ2) is 6.34. The fourth-order valence-electron chi connectivity index (χ4n) is 3.13. The van der Waals surface area contributed by atoms with Crippen LogP contribution in [0.25, 0.3) is 10.9 Å². The fraction of sp³-hybridized carbons (Fsp3) is 0.353. The van der Waals surface area contributed by atoms with E-state index in [1.54, 1.807) is 24.3 Å². The molecule has 1 amide bonds. The van der Waals surface area contributed by atoms with Crippen molar-refractivity contribution in [3.63, 3.8) is 0 Å². The van der Waals surface area contributed by atoms with Gasteiger partial charge in [-0.1, -0.05) is 18.2 Å². The maximum atomic E-state index is 12.6. The molecule has 0 fully saturated rings. The van der Waals surface area contributed by atoms with E-state index in [9.17, 15) is 22.8 Å². The normalized spacial score (nSPS) is 15.0. The molecule has 1 heterocycles. The van der Waals surface area contributed by atoms with E-state index in [1.807, 2.05) is 5.32 Å². The average molecular weight is 352 g/mol. The number of amides is 1. The fourth-order valence-corrected chi connectivity index (χ4v) is 3.13. The Labute approximate surface area is 140 Å². The number of hydrogen-bond acceptors (Lipinski definition) is 3. The summed E-state index contributed by atoms with van der Waals surface area (Å²) in [5, 5.41) is 11.5. The number of rotatable bonds is 4. The molecule has 1 unspecified atom stereocenters. The third-order valence-electron chi connectivity index (χ3n) is 4.19. The molecular weight excluding hydrogens is 337 g/mol. The van der Waals surface area contributed by atoms with Crippen LogP contribution in [0, 0.1) is 0 Å². The van der Waals surface area contributed by atoms with Gasteiger partial charge < -0.3 is 10.4 Å². The molecule has 1 atom stereocenters. The van der Waals surface area contributed by atoms with E-state index in [1.165, 1.54) is 0 Å². The Balaban J connectivity index is 2.01. The molecule has 0 saturated carbocycles. The van der Waals surface area contributed by atoms with E-state index in [4.69, 9.17) is 5.11 Å². The zero-order valence-corrected chi connectivity index (χ0v) is 13.1. The molecule has 1 aliphatic carbocycles. The number of carbonyl (C=O) groups excluding carboxylic acids is 1. The van der Waals surface area contributed by atoms with Gasteiger partial charge in [0.05, 0.1) is 17.5 Å². The minimum absolute atomic E-state index is 0.228. The molecule has 8 heteroatoms. The highest BCUT2D eigenvalue weighted by Crippen LogP contribution is 2.30. The van der Waals surface area contributed by atoms with Gasteiger partial charge in [-0.15, -0.1) is 0 Å². The second-order valence-corrected chi connectivity index (χ2v) is 5.97. The Kier molecular flexibility index (Phi) is 4.36. The number of carboxylic acid groups (broad SMARTS) is 1. The summed E-state index contributed by atoms with van der Waals surface area (Å²) in [6.07, 6.45) is -4.25. The Morgan fingerprint density at radius 3 is 2.64 bits per heavy atom. The zero-order valence-electron chi connectivity index (χ0n) is 13.1. The number of carboxylic acids is 1. The molecule has 1 aromatic carbocycles. The molecule has 0 bridgehead atoms. The van der Waals surface area contributed by atoms with E-state index < -0.39 is 30.5 Å². The maximum absolute atomic E-state index is 12.6. The first kappa shape index (κ1) is 17.2. The number of aromatic nitrogens is 1. The molecule has 0 radical (unpaired) electrons. The highest BCUT2D eigenvalue weighted by atomic mass is 19.4. The monoisotopic (exact) mass is 352 g/mol. The van der Waals surface area contributed by atoms with Gasteiger partial charge >= 0.3 is 12.1 Å². The second-order valence-electron chi connectivity index (χ2n) is 5.97. The van der Waals surface area contributed by atoms with Crippen LogP contribution in [0.1, 0.15) is 34.5 Å². The van der Waals surface area contributed by atoms with Crippen LogP contribution in [0.5, 0.6) is 0 Å². The summed E-state index contributed by atoms with van der Waals surface area (Å²) >= 11 is 0. The summed E-state index contributed by atoms with van der Waals surface area (Å²) in [6, 6.07) is 4.80. The number of aliphatic carboxylic acids is 1. The summed E-state index contributed by atoms with van der Waals surface area (Å²) in [7, 11) is 0. The summed E-state index contributed by atoms with van der Waals surface area (Å²) in [4.78, 5) is 28.3. The highest BCUT2D eigenvalue weighted by Gasteiger charge is 2.37. The maximum Gasteiger partial charge on any atom is 0.391 e. The molecule has 1 aromatic heterocycles. The predicted molar refractivity (Wildman–Crippen MR) is 83.3 cm³/mol. The van der Waals surface area contributed by atoms with Gasteiger partial charge in [0.15, 0.2) is 0 Å². The molecule has 2 aromatic rings. The molecule has 2 N–H and O–H groups in total. The number of para-hydroxylation sites is 1. The average Bonchev–Trinajstić information content (AvgIpc) is 2.98. The summed E-state index contributed by atoms with van der Waals surface area (Å²) in [6.45, 7) is 0. The minimum atomic E-state index is -4.70. The number of hydrogen-bond donors (Lipinski definition) is 2. The van der Waals surface area contributed by atoms with Gasteiger partial charge in [0.2, 0.25) is 0 Å². The molecule has 3 rings (SSSR count). The Bertz CT molecular complexity index is 849. The number of nitrogens with zero attached hydrogens (tertiary/aromatic N) is 1. The van der Waals surface area contributed by atoms with Gasteiger partial charge in [-0.3, -0.25) is 9.78 Å². The quantitative estimate of drug-likeness (QED) is 0.887. The Morgan fingerprint density at radius 1 is 1.24 bits per heavy atom. The van der Waals surface area contributed by atoms with Crippen LogP contribution < -0.4 is 5.32 Å². The first-order valence-corrected chi connectivity index (χ1v) is 7.77. The van der Waals surface area contributed by atoms with Crippen molar-refractivity contribution >= 4 is 22.8 Å². The summed E-state index contributed by atoms with van der Waals surface area (Å²) < 4.78 is 37.7. The number of benzene rings is 1. The lowest BCUT2D eigenvalue weighted by Crippen LogP contribution is -2.44. The van der Waals surface area contributed by atoms with Crippen molar-refractivity contribution in [3.8, 4) is 0 Å². The van der Waals surface area contributed by atoms with Crippen molar-refractivity contribution in [2.45, 2.75) is 37.9 Å². The van der Waals surface area contributed by atoms with Gasteiger partial charge in [-0.05, 0) is 30.9 Å². The van der Waals surface area contributed by atoms with Gasteiger partial charge in [0.1, 0.15) is 6.04 Å². The van der Waals surface area contributed by atoms with Crippen molar-refractivity contribution in [2.24, 2.45) is 0 Å². The third kappa shape index (κ3) is 3.57. The first-order valence-electron chi connectivity index (χ1n) is 7.77. The van der Waals surface area contributed by atoms with Crippen molar-refractivity contribution in [2.75, 3.05) is 0 Å². The van der Waals surface area contributed by atoms with Crippen molar-refractivity contribution < 1.29 is 27.9 Å². The van der Waals surface area contributed by atoms with Crippen LogP contribution in [-0.4, -0.2) is 34.2 Å². The third-order valence-corrected chi connectivity index (χ3v) is 4.19. The van der Waals surface area contributed by atoms with E-state index >= 15 is 0 Å². The number of nitrogens with one attached hydrogen (secondary N) is 1. The lowest BCUT2D eigenvalue weighted by molar-refractivity contribution is -0.157. The van der Waals surface area contributed by atoms with E-state index in [-0.39, 0.29) is 5.56 Å². The molecule has 132 valence electrons. The number of carbonyl (C=O) groups is 2. The Hall–Kier alpha value is -2.64. The first-order chi connectivity index (χ1) is 11.8. The number of halogens is 3. The van der Waals surface area contributed by atoms with Gasteiger partial charge in [0.25, 0.3) is 5.91 Å². The van der Waals surface area contributed by atoms with Gasteiger partial charge in [0, 0.05) is 11.1 Å². The topological polar surface area (TPSA) is 79.3 Å². The lowest BCUT2D eigenvalue weighted by Gasteiger charge is -2.18. The van der Waals surface area contributed by atoms with Crippen LogP contribution in [0.2, 0.25) is 0 Å². The highest BCUT2D eigenvalue weighted by molar-refractivity contribution is 6.08. The standard InChI is InChI=1S/C17H15F3N2O3/c18-17(19,20)8-13(16(24)25)22-15(23)14-9-4-1-2-6-11(9)21-12-7-3-5-10(12)14/h1-2,4,6,13H,3,5,7-8H2,(H,22,23)(H,24,25). The number of fused-ring (bicyclic) bond motifs is 2. The molecule has 0 aliphatic heterocycles. The van der Waals surface area contributed by atoms with Crippen molar-refractivity contribution in [3.05, 3.63) is 41.1 Å². The SMILES string of the molecule is O=C(NC(CC(F)(F)F)C(=O)O)c1c2c(nc3ccccc13)CCC2. The number of aryl methyl sites for hydroxylation is 1. The molecule has 5 nitrogen and oxygen atoms in total. The summed E-state index contributed by atoms with van der Waals surface area (Å²) in [5.41, 5.74) is 2.22. The van der Waals surface area contributed by atoms with E-state index in [0.29, 0.717) is 29.3 Å². The van der Waals surface area contributed by atoms with E-state index in [2.05, 4.69) is 4.98 Å². The van der Waals surface area contributed by atoms with Crippen molar-refractivity contribution in [1.29, 1.82) is 0 Å². The minimum Gasteiger partial charge on any atom is -0.480 e. The smallest absolute Gasteiger partial charge is 0.391 e. The number of alkyl halides is 3. The van der Waals surface area contributed by atoms with E-state index in [0.717, 1.165) is 12.1 Å². The molecule has 0 saturated heterocycles. The number of pyridine rings is 1. The summed E-state index contributed by atoms with van der Waals surface area (Å²) in [5.74, 6) is -2.53. The molecule has 1 aliphatic rings. The van der Waals surface area contributed by atoms with Crippen LogP contribution in [0.15, 0.2) is 24.3 Å². The predicted octanol–water partition coefficient (Wildman–Crippen LogP) is 2.86. The van der Waals surface area contributed by atoms with Gasteiger partial charge in [-0.2, -0.15) is 13.2 Å². The lowest BCUT2D eigenvalue weighted by atomic mass is 10.00.